The van der Waals surface area contributed by atoms with Crippen molar-refractivity contribution in [1.82, 2.24) is 9.45 Å². The van der Waals surface area contributed by atoms with Crippen LogP contribution in [0.5, 0.6) is 0 Å². The lowest BCUT2D eigenvalue weighted by molar-refractivity contribution is -0.114. The van der Waals surface area contributed by atoms with Crippen LogP contribution in [0.25, 0.3) is 10.2 Å². The first-order chi connectivity index (χ1) is 14.1. The minimum atomic E-state index is -4.03. The Bertz CT molecular complexity index is 1240. The molecule has 0 bridgehead atoms. The number of fused-ring (bicyclic) bond motifs is 1. The minimum Gasteiger partial charge on any atom is -0.326 e. The van der Waals surface area contributed by atoms with Gasteiger partial charge in [0.25, 0.3) is 15.9 Å². The number of carbonyl (C=O) groups excluding carboxylic acids is 2. The van der Waals surface area contributed by atoms with Crippen molar-refractivity contribution in [3.8, 4) is 0 Å². The first-order valence-electron chi connectivity index (χ1n) is 8.44. The second-order valence-electron chi connectivity index (χ2n) is 6.08. The van der Waals surface area contributed by atoms with Crippen LogP contribution in [0.4, 0.5) is 10.8 Å². The van der Waals surface area contributed by atoms with Crippen LogP contribution in [0.1, 0.15) is 17.3 Å². The molecule has 3 aromatic rings. The van der Waals surface area contributed by atoms with E-state index in [2.05, 4.69) is 15.6 Å². The Labute approximate surface area is 181 Å². The van der Waals surface area contributed by atoms with Crippen molar-refractivity contribution in [2.75, 3.05) is 24.8 Å². The van der Waals surface area contributed by atoms with Gasteiger partial charge in [0.1, 0.15) is 4.90 Å². The third-order valence-corrected chi connectivity index (χ3v) is 7.09. The summed E-state index contributed by atoms with van der Waals surface area (Å²) in [4.78, 5) is 32.7. The number of benzene rings is 2. The summed E-state index contributed by atoms with van der Waals surface area (Å²) < 4.78 is 26.4. The quantitative estimate of drug-likeness (QED) is 0.536. The molecule has 1 aromatic heterocycles. The van der Waals surface area contributed by atoms with Crippen LogP contribution < -0.4 is 10.6 Å². The fourth-order valence-electron chi connectivity index (χ4n) is 2.51. The molecule has 0 atom stereocenters. The second kappa shape index (κ2) is 8.66. The highest BCUT2D eigenvalue weighted by Crippen LogP contribution is 2.30. The van der Waals surface area contributed by atoms with E-state index in [1.807, 2.05) is 0 Å². The maximum Gasteiger partial charge on any atom is 0.266 e. The smallest absolute Gasteiger partial charge is 0.266 e. The number of rotatable bonds is 6. The van der Waals surface area contributed by atoms with Gasteiger partial charge in [-0.1, -0.05) is 27.4 Å². The number of anilines is 2. The number of sulfonamides is 1. The Morgan fingerprint density at radius 1 is 1.17 bits per heavy atom. The normalized spacial score (nSPS) is 11.6. The van der Waals surface area contributed by atoms with E-state index in [9.17, 15) is 18.0 Å². The predicted molar refractivity (Wildman–Crippen MR) is 115 cm³/mol. The van der Waals surface area contributed by atoms with Gasteiger partial charge in [0.15, 0.2) is 5.13 Å². The molecule has 0 unspecified atom stereocenters. The molecule has 0 saturated carbocycles. The summed E-state index contributed by atoms with van der Waals surface area (Å²) in [5.41, 5.74) is 1.34. The first kappa shape index (κ1) is 22.1. The molecular formula is C18H17ClN4O5S2. The predicted octanol–water partition coefficient (Wildman–Crippen LogP) is 3.34. The van der Waals surface area contributed by atoms with Gasteiger partial charge in [0.05, 0.1) is 22.3 Å². The van der Waals surface area contributed by atoms with Gasteiger partial charge in [-0.25, -0.2) is 13.4 Å². The highest BCUT2D eigenvalue weighted by molar-refractivity contribution is 7.89. The number of hydroxylamine groups is 1. The number of amides is 2. The van der Waals surface area contributed by atoms with Crippen LogP contribution in [0.3, 0.4) is 0 Å². The number of hydrogen-bond acceptors (Lipinski definition) is 7. The Kier molecular flexibility index (Phi) is 6.38. The lowest BCUT2D eigenvalue weighted by Gasteiger charge is -2.15. The summed E-state index contributed by atoms with van der Waals surface area (Å²) in [7, 11) is -1.61. The van der Waals surface area contributed by atoms with Crippen LogP contribution in [-0.2, 0) is 19.7 Å². The van der Waals surface area contributed by atoms with E-state index in [0.717, 1.165) is 4.70 Å². The lowest BCUT2D eigenvalue weighted by Crippen LogP contribution is -2.26. The molecule has 0 saturated heterocycles. The van der Waals surface area contributed by atoms with Crippen molar-refractivity contribution in [2.45, 2.75) is 11.8 Å². The van der Waals surface area contributed by atoms with Gasteiger partial charge in [-0.05, 0) is 36.4 Å². The van der Waals surface area contributed by atoms with E-state index in [1.165, 1.54) is 50.6 Å². The molecule has 2 N–H and O–H groups in total. The zero-order valence-electron chi connectivity index (χ0n) is 16.1. The first-order valence-corrected chi connectivity index (χ1v) is 11.1. The lowest BCUT2D eigenvalue weighted by atomic mass is 10.2. The molecule has 2 aromatic carbocycles. The molecule has 0 spiro atoms. The van der Waals surface area contributed by atoms with Gasteiger partial charge in [0, 0.05) is 25.2 Å². The summed E-state index contributed by atoms with van der Waals surface area (Å²) in [6.07, 6.45) is 0. The summed E-state index contributed by atoms with van der Waals surface area (Å²) in [5, 5.41) is 5.61. The van der Waals surface area contributed by atoms with Crippen LogP contribution in [0, 0.1) is 0 Å². The molecule has 0 aliphatic carbocycles. The SMILES string of the molecule is CON(C)S(=O)(=O)c1cc(C(=O)Nc2nc3ccc(NC(C)=O)cc3s2)ccc1Cl. The molecule has 0 aliphatic rings. The fourth-order valence-corrected chi connectivity index (χ4v) is 4.88. The number of nitrogens with one attached hydrogen (secondary N) is 2. The Balaban J connectivity index is 1.87. The molecule has 0 aliphatic heterocycles. The fraction of sp³-hybridized carbons (Fsp3) is 0.167. The van der Waals surface area contributed by atoms with Gasteiger partial charge in [-0.15, -0.1) is 0 Å². The zero-order valence-corrected chi connectivity index (χ0v) is 18.5. The third-order valence-electron chi connectivity index (χ3n) is 4.00. The van der Waals surface area contributed by atoms with Gasteiger partial charge in [-0.2, -0.15) is 0 Å². The van der Waals surface area contributed by atoms with Gasteiger partial charge >= 0.3 is 0 Å². The molecule has 3 rings (SSSR count). The molecule has 158 valence electrons. The number of halogens is 1. The molecule has 0 fully saturated rings. The zero-order chi connectivity index (χ0) is 22.1. The van der Waals surface area contributed by atoms with Crippen molar-refractivity contribution in [3.05, 3.63) is 47.0 Å². The van der Waals surface area contributed by atoms with Crippen molar-refractivity contribution in [2.24, 2.45) is 0 Å². The number of thiazole rings is 1. The van der Waals surface area contributed by atoms with E-state index in [0.29, 0.717) is 20.8 Å². The minimum absolute atomic E-state index is 0.0408. The molecular weight excluding hydrogens is 452 g/mol. The second-order valence-corrected chi connectivity index (χ2v) is 9.42. The molecule has 0 radical (unpaired) electrons. The monoisotopic (exact) mass is 468 g/mol. The highest BCUT2D eigenvalue weighted by Gasteiger charge is 2.25. The molecule has 2 amide bonds. The standard InChI is InChI=1S/C18H17ClN4O5S2/c1-10(24)20-12-5-7-14-15(9-12)29-18(21-14)22-17(25)11-4-6-13(19)16(8-11)30(26,27)23(2)28-3/h4-9H,1-3H3,(H,20,24)(H,21,22,25). The molecule has 1 heterocycles. The van der Waals surface area contributed by atoms with Crippen molar-refractivity contribution in [3.63, 3.8) is 0 Å². The van der Waals surface area contributed by atoms with E-state index in [-0.39, 0.29) is 21.4 Å². The Hall–Kier alpha value is -2.57. The number of hydrogen-bond donors (Lipinski definition) is 2. The summed E-state index contributed by atoms with van der Waals surface area (Å²) in [6.45, 7) is 1.41. The van der Waals surface area contributed by atoms with Crippen molar-refractivity contribution in [1.29, 1.82) is 0 Å². The molecule has 12 heteroatoms. The maximum absolute atomic E-state index is 12.6. The van der Waals surface area contributed by atoms with E-state index in [4.69, 9.17) is 16.4 Å². The van der Waals surface area contributed by atoms with Crippen LogP contribution in [0.15, 0.2) is 41.3 Å². The maximum atomic E-state index is 12.6. The van der Waals surface area contributed by atoms with Crippen LogP contribution in [0.2, 0.25) is 5.02 Å². The van der Waals surface area contributed by atoms with Gasteiger partial charge < -0.3 is 5.32 Å². The highest BCUT2D eigenvalue weighted by atomic mass is 35.5. The molecule has 30 heavy (non-hydrogen) atoms. The Morgan fingerprint density at radius 3 is 2.57 bits per heavy atom. The van der Waals surface area contributed by atoms with Crippen molar-refractivity contribution >= 4 is 65.8 Å². The van der Waals surface area contributed by atoms with Crippen LogP contribution >= 0.6 is 22.9 Å². The molecule has 9 nitrogen and oxygen atoms in total. The van der Waals surface area contributed by atoms with Gasteiger partial charge in [0.2, 0.25) is 5.91 Å². The Morgan fingerprint density at radius 2 is 1.90 bits per heavy atom. The topological polar surface area (TPSA) is 118 Å². The summed E-state index contributed by atoms with van der Waals surface area (Å²) >= 11 is 7.23. The number of nitrogens with zero attached hydrogens (tertiary/aromatic N) is 2. The van der Waals surface area contributed by atoms with E-state index in [1.54, 1.807) is 18.2 Å². The summed E-state index contributed by atoms with van der Waals surface area (Å²) in [6, 6.07) is 9.08. The van der Waals surface area contributed by atoms with Crippen molar-refractivity contribution < 1.29 is 22.8 Å². The largest absolute Gasteiger partial charge is 0.326 e. The summed E-state index contributed by atoms with van der Waals surface area (Å²) in [5.74, 6) is -0.746. The van der Waals surface area contributed by atoms with Gasteiger partial charge in [-0.3, -0.25) is 19.7 Å². The van der Waals surface area contributed by atoms with Crippen LogP contribution in [-0.4, -0.2) is 43.8 Å². The average molecular weight is 469 g/mol. The average Bonchev–Trinajstić information content (AvgIpc) is 3.08. The third kappa shape index (κ3) is 4.60. The number of aromatic nitrogens is 1. The number of carbonyl (C=O) groups is 2. The van der Waals surface area contributed by atoms with E-state index >= 15 is 0 Å². The van der Waals surface area contributed by atoms with E-state index < -0.39 is 15.9 Å².